The molecule has 7 nitrogen and oxygen atoms in total. The molecule has 0 spiro atoms. The molecule has 0 aliphatic carbocycles. The minimum atomic E-state index is -0.268. The minimum absolute atomic E-state index is 0.0556. The monoisotopic (exact) mass is 472 g/mol. The van der Waals surface area contributed by atoms with Crippen LogP contribution in [0.15, 0.2) is 51.7 Å². The zero-order valence-corrected chi connectivity index (χ0v) is 18.9. The summed E-state index contributed by atoms with van der Waals surface area (Å²) in [4.78, 5) is 38.9. The Bertz CT molecular complexity index is 1150. The van der Waals surface area contributed by atoms with E-state index in [1.807, 2.05) is 56.3 Å². The highest BCUT2D eigenvalue weighted by Gasteiger charge is 2.16. The molecule has 3 rings (SSSR count). The van der Waals surface area contributed by atoms with Gasteiger partial charge in [0.2, 0.25) is 11.8 Å². The number of carbonyl (C=O) groups is 2. The Morgan fingerprint density at radius 1 is 1.10 bits per heavy atom. The number of nitrogens with one attached hydrogen (secondary N) is 1. The van der Waals surface area contributed by atoms with Crippen LogP contribution in [0.3, 0.4) is 0 Å². The molecule has 0 radical (unpaired) electrons. The van der Waals surface area contributed by atoms with Crippen LogP contribution in [0.2, 0.25) is 0 Å². The Kier molecular flexibility index (Phi) is 6.77. The van der Waals surface area contributed by atoms with Gasteiger partial charge in [0.15, 0.2) is 0 Å². The van der Waals surface area contributed by atoms with Crippen LogP contribution in [-0.2, 0) is 22.7 Å². The number of amides is 2. The fourth-order valence-electron chi connectivity index (χ4n) is 3.45. The molecule has 0 unspecified atom stereocenters. The predicted octanol–water partition coefficient (Wildman–Crippen LogP) is 3.38. The Balaban J connectivity index is 1.62. The maximum absolute atomic E-state index is 12.7. The second-order valence-corrected chi connectivity index (χ2v) is 8.09. The maximum Gasteiger partial charge on any atom is 0.329 e. The molecule has 0 saturated carbocycles. The summed E-state index contributed by atoms with van der Waals surface area (Å²) in [5.41, 5.74) is 3.18. The number of rotatable bonds is 7. The van der Waals surface area contributed by atoms with Gasteiger partial charge in [-0.3, -0.25) is 18.7 Å². The fraction of sp³-hybridized carbons (Fsp3) is 0.318. The zero-order valence-electron chi connectivity index (χ0n) is 17.3. The van der Waals surface area contributed by atoms with Gasteiger partial charge in [-0.2, -0.15) is 0 Å². The third kappa shape index (κ3) is 4.64. The largest absolute Gasteiger partial charge is 0.336 e. The van der Waals surface area contributed by atoms with Crippen molar-refractivity contribution in [1.82, 2.24) is 14.0 Å². The van der Waals surface area contributed by atoms with Crippen molar-refractivity contribution in [2.45, 2.75) is 33.4 Å². The summed E-state index contributed by atoms with van der Waals surface area (Å²) in [7, 11) is 1.59. The predicted molar refractivity (Wildman–Crippen MR) is 122 cm³/mol. The van der Waals surface area contributed by atoms with Crippen LogP contribution in [0.1, 0.15) is 18.9 Å². The van der Waals surface area contributed by atoms with Crippen LogP contribution in [0.5, 0.6) is 0 Å². The molecule has 158 valence electrons. The van der Waals surface area contributed by atoms with Gasteiger partial charge in [0, 0.05) is 36.7 Å². The summed E-state index contributed by atoms with van der Waals surface area (Å²) in [6.07, 6.45) is 0.138. The number of para-hydroxylation sites is 2. The van der Waals surface area contributed by atoms with Crippen molar-refractivity contribution in [3.05, 3.63) is 63.0 Å². The second kappa shape index (κ2) is 9.30. The lowest BCUT2D eigenvalue weighted by Gasteiger charge is -2.17. The highest BCUT2D eigenvalue weighted by atomic mass is 79.9. The zero-order chi connectivity index (χ0) is 21.8. The van der Waals surface area contributed by atoms with Crippen LogP contribution < -0.4 is 11.0 Å². The van der Waals surface area contributed by atoms with E-state index in [-0.39, 0.29) is 37.0 Å². The average Bonchev–Trinajstić information content (AvgIpc) is 2.98. The van der Waals surface area contributed by atoms with Crippen LogP contribution in [0, 0.1) is 6.92 Å². The molecule has 0 aliphatic heterocycles. The number of hydrogen-bond donors (Lipinski definition) is 1. The number of halogens is 1. The molecule has 1 aromatic heterocycles. The molecule has 3 aromatic rings. The van der Waals surface area contributed by atoms with Gasteiger partial charge in [0.25, 0.3) is 0 Å². The van der Waals surface area contributed by atoms with Crippen molar-refractivity contribution in [3.63, 3.8) is 0 Å². The van der Waals surface area contributed by atoms with E-state index in [2.05, 4.69) is 21.2 Å². The van der Waals surface area contributed by atoms with Crippen molar-refractivity contribution in [1.29, 1.82) is 0 Å². The number of nitrogens with zero attached hydrogens (tertiary/aromatic N) is 3. The first kappa shape index (κ1) is 21.8. The van der Waals surface area contributed by atoms with Gasteiger partial charge in [-0.15, -0.1) is 0 Å². The molecule has 0 aliphatic rings. The van der Waals surface area contributed by atoms with Crippen molar-refractivity contribution in [3.8, 4) is 0 Å². The molecule has 0 atom stereocenters. The lowest BCUT2D eigenvalue weighted by molar-refractivity contribution is -0.133. The van der Waals surface area contributed by atoms with E-state index in [4.69, 9.17) is 0 Å². The Morgan fingerprint density at radius 3 is 2.40 bits per heavy atom. The number of aromatic nitrogens is 2. The highest BCUT2D eigenvalue weighted by Crippen LogP contribution is 2.20. The summed E-state index contributed by atoms with van der Waals surface area (Å²) in [5, 5.41) is 2.83. The van der Waals surface area contributed by atoms with E-state index < -0.39 is 0 Å². The Labute approximate surface area is 183 Å². The first-order valence-corrected chi connectivity index (χ1v) is 10.6. The van der Waals surface area contributed by atoms with E-state index in [0.29, 0.717) is 12.2 Å². The average molecular weight is 473 g/mol. The van der Waals surface area contributed by atoms with Gasteiger partial charge in [0.1, 0.15) is 0 Å². The lowest BCUT2D eigenvalue weighted by Crippen LogP contribution is -2.36. The van der Waals surface area contributed by atoms with Crippen molar-refractivity contribution >= 4 is 44.5 Å². The molecule has 30 heavy (non-hydrogen) atoms. The van der Waals surface area contributed by atoms with Crippen molar-refractivity contribution < 1.29 is 9.59 Å². The third-order valence-electron chi connectivity index (χ3n) is 5.06. The van der Waals surface area contributed by atoms with E-state index >= 15 is 0 Å². The summed E-state index contributed by atoms with van der Waals surface area (Å²) < 4.78 is 4.25. The number of likely N-dealkylation sites (N-methyl/N-ethyl adjacent to an activating group) is 1. The van der Waals surface area contributed by atoms with Gasteiger partial charge < -0.3 is 10.2 Å². The first-order valence-electron chi connectivity index (χ1n) is 9.79. The Morgan fingerprint density at radius 2 is 1.77 bits per heavy atom. The number of anilines is 1. The molecule has 0 fully saturated rings. The fourth-order valence-corrected chi connectivity index (χ4v) is 3.93. The third-order valence-corrected chi connectivity index (χ3v) is 5.55. The maximum atomic E-state index is 12.7. The van der Waals surface area contributed by atoms with Crippen LogP contribution in [0.4, 0.5) is 5.69 Å². The molecule has 2 aromatic carbocycles. The lowest BCUT2D eigenvalue weighted by atomic mass is 10.2. The van der Waals surface area contributed by atoms with Crippen LogP contribution >= 0.6 is 15.9 Å². The van der Waals surface area contributed by atoms with Gasteiger partial charge in [-0.1, -0.05) is 28.1 Å². The number of hydrogen-bond acceptors (Lipinski definition) is 3. The second-order valence-electron chi connectivity index (χ2n) is 7.17. The van der Waals surface area contributed by atoms with E-state index in [1.54, 1.807) is 16.2 Å². The number of fused-ring (bicyclic) bond motifs is 1. The molecule has 8 heteroatoms. The summed E-state index contributed by atoms with van der Waals surface area (Å²) in [6.45, 7) is 4.60. The van der Waals surface area contributed by atoms with E-state index in [0.717, 1.165) is 21.1 Å². The smallest absolute Gasteiger partial charge is 0.329 e. The SMILES string of the molecule is CCn1c(=O)n(CCC(=O)N(C)CC(=O)Nc2ccc(Br)cc2C)c2ccccc21. The quantitative estimate of drug-likeness (QED) is 0.572. The summed E-state index contributed by atoms with van der Waals surface area (Å²) >= 11 is 3.39. The molecular formula is C22H25BrN4O3. The normalized spacial score (nSPS) is 10.9. The molecule has 1 N–H and O–H groups in total. The Hall–Kier alpha value is -2.87. The van der Waals surface area contributed by atoms with Crippen molar-refractivity contribution in [2.75, 3.05) is 18.9 Å². The molecule has 1 heterocycles. The minimum Gasteiger partial charge on any atom is -0.336 e. The van der Waals surface area contributed by atoms with Crippen molar-refractivity contribution in [2.24, 2.45) is 0 Å². The van der Waals surface area contributed by atoms with Gasteiger partial charge in [-0.25, -0.2) is 4.79 Å². The van der Waals surface area contributed by atoms with E-state index in [1.165, 1.54) is 4.90 Å². The number of aryl methyl sites for hydroxylation is 3. The van der Waals surface area contributed by atoms with Crippen LogP contribution in [-0.4, -0.2) is 39.4 Å². The molecule has 0 saturated heterocycles. The molecule has 0 bridgehead atoms. The van der Waals surface area contributed by atoms with E-state index in [9.17, 15) is 14.4 Å². The standard InChI is InChI=1S/C22H25BrN4O3/c1-4-26-18-7-5-6-8-19(18)27(22(26)30)12-11-21(29)25(3)14-20(28)24-17-10-9-16(23)13-15(17)2/h5-10,13H,4,11-12,14H2,1-3H3,(H,24,28). The number of imidazole rings is 1. The summed E-state index contributed by atoms with van der Waals surface area (Å²) in [6, 6.07) is 13.1. The number of carbonyl (C=O) groups excluding carboxylic acids is 2. The summed E-state index contributed by atoms with van der Waals surface area (Å²) in [5.74, 6) is -0.464. The first-order chi connectivity index (χ1) is 14.3. The van der Waals surface area contributed by atoms with Crippen LogP contribution in [0.25, 0.3) is 11.0 Å². The number of benzene rings is 2. The topological polar surface area (TPSA) is 76.3 Å². The highest BCUT2D eigenvalue weighted by molar-refractivity contribution is 9.10. The van der Waals surface area contributed by atoms with Gasteiger partial charge in [-0.05, 0) is 49.7 Å². The molecular weight excluding hydrogens is 448 g/mol. The molecule has 2 amide bonds. The van der Waals surface area contributed by atoms with Gasteiger partial charge in [0.05, 0.1) is 17.6 Å². The van der Waals surface area contributed by atoms with Gasteiger partial charge >= 0.3 is 5.69 Å².